The van der Waals surface area contributed by atoms with Gasteiger partial charge in [-0.15, -0.1) is 0 Å². The minimum atomic E-state index is -0.0193. The molecule has 3 fully saturated rings. The number of thioether (sulfide) groups is 1. The fourth-order valence-corrected chi connectivity index (χ4v) is 6.31. The Morgan fingerprint density at radius 1 is 1.19 bits per heavy atom. The molecule has 3 aliphatic heterocycles. The lowest BCUT2D eigenvalue weighted by Crippen LogP contribution is -2.47. The summed E-state index contributed by atoms with van der Waals surface area (Å²) < 4.78 is 0. The highest BCUT2D eigenvalue weighted by Crippen LogP contribution is 2.51. The van der Waals surface area contributed by atoms with E-state index in [0.29, 0.717) is 0 Å². The first-order chi connectivity index (χ1) is 12.8. The van der Waals surface area contributed by atoms with Crippen LogP contribution >= 0.6 is 11.8 Å². The van der Waals surface area contributed by atoms with Crippen molar-refractivity contribution in [1.82, 2.24) is 9.80 Å². The highest BCUT2D eigenvalue weighted by molar-refractivity contribution is 7.99. The van der Waals surface area contributed by atoms with Crippen LogP contribution < -0.4 is 0 Å². The van der Waals surface area contributed by atoms with E-state index in [1.807, 2.05) is 18.0 Å². The number of piperazine rings is 1. The molecule has 2 saturated heterocycles. The number of rotatable bonds is 2. The SMILES string of the molecule is N#CC=C1C=CC2=NC=CC(N3CCN(C4CC4)CC3)=C3CSCC23C1. The van der Waals surface area contributed by atoms with Crippen molar-refractivity contribution in [2.45, 2.75) is 25.3 Å². The van der Waals surface area contributed by atoms with Crippen LogP contribution in [0.4, 0.5) is 0 Å². The first-order valence-electron chi connectivity index (χ1n) is 9.62. The molecule has 1 atom stereocenters. The van der Waals surface area contributed by atoms with E-state index in [4.69, 9.17) is 10.3 Å². The lowest BCUT2D eigenvalue weighted by molar-refractivity contribution is 0.153. The van der Waals surface area contributed by atoms with E-state index in [0.717, 1.165) is 42.6 Å². The Morgan fingerprint density at radius 2 is 2.04 bits per heavy atom. The monoisotopic (exact) mass is 364 g/mol. The highest BCUT2D eigenvalue weighted by atomic mass is 32.2. The predicted octanol–water partition coefficient (Wildman–Crippen LogP) is 3.13. The summed E-state index contributed by atoms with van der Waals surface area (Å²) in [7, 11) is 0. The summed E-state index contributed by atoms with van der Waals surface area (Å²) in [5, 5.41) is 9.11. The zero-order chi connectivity index (χ0) is 17.6. The van der Waals surface area contributed by atoms with E-state index in [-0.39, 0.29) is 5.41 Å². The molecule has 0 aromatic carbocycles. The second-order valence-electron chi connectivity index (χ2n) is 7.88. The summed E-state index contributed by atoms with van der Waals surface area (Å²) in [5.74, 6) is 2.15. The standard InChI is InChI=1S/C21H24N4S/c22-7-5-16-1-4-20-21(13-16)15-26-14-18(21)19(6-8-23-20)25-11-9-24(10-12-25)17-2-3-17/h1,4-6,8,17H,2-3,9-15H2. The van der Waals surface area contributed by atoms with Crippen LogP contribution in [0, 0.1) is 16.7 Å². The van der Waals surface area contributed by atoms with Gasteiger partial charge in [0.2, 0.25) is 0 Å². The van der Waals surface area contributed by atoms with Gasteiger partial charge in [-0.25, -0.2) is 0 Å². The van der Waals surface area contributed by atoms with Gasteiger partial charge in [0.15, 0.2) is 0 Å². The number of hydrogen-bond acceptors (Lipinski definition) is 5. The van der Waals surface area contributed by atoms with Gasteiger partial charge in [0.05, 0.1) is 11.8 Å². The van der Waals surface area contributed by atoms with Crippen LogP contribution in [0.2, 0.25) is 0 Å². The van der Waals surface area contributed by atoms with Crippen molar-refractivity contribution in [3.05, 3.63) is 47.3 Å². The summed E-state index contributed by atoms with van der Waals surface area (Å²) in [4.78, 5) is 10.1. The first-order valence-corrected chi connectivity index (χ1v) is 10.8. The normalized spacial score (nSPS) is 33.0. The summed E-state index contributed by atoms with van der Waals surface area (Å²) in [6.45, 7) is 4.60. The lowest BCUT2D eigenvalue weighted by atomic mass is 9.70. The third kappa shape index (κ3) is 2.67. The maximum atomic E-state index is 9.11. The topological polar surface area (TPSA) is 42.6 Å². The van der Waals surface area contributed by atoms with Gasteiger partial charge in [-0.3, -0.25) is 9.89 Å². The van der Waals surface area contributed by atoms with E-state index >= 15 is 0 Å². The third-order valence-corrected chi connectivity index (χ3v) is 7.54. The molecule has 1 unspecified atom stereocenters. The van der Waals surface area contributed by atoms with Crippen molar-refractivity contribution in [3.8, 4) is 6.07 Å². The number of nitrogens with zero attached hydrogens (tertiary/aromatic N) is 4. The van der Waals surface area contributed by atoms with Crippen molar-refractivity contribution >= 4 is 17.5 Å². The Kier molecular flexibility index (Phi) is 4.06. The quantitative estimate of drug-likeness (QED) is 0.706. The van der Waals surface area contributed by atoms with Crippen LogP contribution in [0.5, 0.6) is 0 Å². The molecule has 4 nitrogen and oxygen atoms in total. The molecular weight excluding hydrogens is 340 g/mol. The van der Waals surface area contributed by atoms with Crippen molar-refractivity contribution < 1.29 is 0 Å². The molecule has 0 aromatic heterocycles. The molecule has 134 valence electrons. The number of aliphatic imine (C=N–C) groups is 1. The average molecular weight is 365 g/mol. The van der Waals surface area contributed by atoms with Crippen LogP contribution in [0.1, 0.15) is 19.3 Å². The van der Waals surface area contributed by atoms with Gasteiger partial charge in [0, 0.05) is 67.1 Å². The second kappa shape index (κ2) is 6.44. The molecule has 0 radical (unpaired) electrons. The Hall–Kier alpha value is -1.77. The van der Waals surface area contributed by atoms with Crippen LogP contribution in [0.25, 0.3) is 0 Å². The Balaban J connectivity index is 1.48. The van der Waals surface area contributed by atoms with Gasteiger partial charge in [0.1, 0.15) is 0 Å². The van der Waals surface area contributed by atoms with E-state index in [2.05, 4.69) is 34.1 Å². The predicted molar refractivity (Wildman–Crippen MR) is 107 cm³/mol. The summed E-state index contributed by atoms with van der Waals surface area (Å²) >= 11 is 2.01. The first kappa shape index (κ1) is 16.4. The molecule has 5 aliphatic rings. The minimum absolute atomic E-state index is 0.0193. The maximum absolute atomic E-state index is 9.11. The molecule has 5 heteroatoms. The summed E-state index contributed by atoms with van der Waals surface area (Å²) in [6.07, 6.45) is 13.8. The number of allylic oxidation sites excluding steroid dienone is 5. The molecule has 0 bridgehead atoms. The van der Waals surface area contributed by atoms with E-state index < -0.39 is 0 Å². The summed E-state index contributed by atoms with van der Waals surface area (Å²) in [6, 6.07) is 3.08. The molecule has 5 rings (SSSR count). The van der Waals surface area contributed by atoms with Crippen LogP contribution in [0.3, 0.4) is 0 Å². The van der Waals surface area contributed by atoms with E-state index in [1.165, 1.54) is 42.9 Å². The fraction of sp³-hybridized carbons (Fsp3) is 0.524. The van der Waals surface area contributed by atoms with Crippen molar-refractivity contribution in [2.24, 2.45) is 10.4 Å². The van der Waals surface area contributed by atoms with Gasteiger partial charge in [-0.05, 0) is 42.6 Å². The van der Waals surface area contributed by atoms with Crippen molar-refractivity contribution in [2.75, 3.05) is 37.7 Å². The molecule has 0 amide bonds. The largest absolute Gasteiger partial charge is 0.369 e. The molecule has 26 heavy (non-hydrogen) atoms. The molecule has 1 spiro atoms. The lowest BCUT2D eigenvalue weighted by Gasteiger charge is -2.40. The molecule has 0 N–H and O–H groups in total. The van der Waals surface area contributed by atoms with Crippen molar-refractivity contribution in [1.29, 1.82) is 5.26 Å². The third-order valence-electron chi connectivity index (χ3n) is 6.35. The van der Waals surface area contributed by atoms with Gasteiger partial charge in [0.25, 0.3) is 0 Å². The second-order valence-corrected chi connectivity index (χ2v) is 8.87. The molecule has 1 saturated carbocycles. The van der Waals surface area contributed by atoms with Gasteiger partial charge in [-0.2, -0.15) is 17.0 Å². The maximum Gasteiger partial charge on any atom is 0.0914 e. The zero-order valence-corrected chi connectivity index (χ0v) is 15.8. The van der Waals surface area contributed by atoms with Gasteiger partial charge in [-0.1, -0.05) is 6.08 Å². The van der Waals surface area contributed by atoms with Crippen molar-refractivity contribution in [3.63, 3.8) is 0 Å². The van der Waals surface area contributed by atoms with E-state index in [1.54, 1.807) is 6.08 Å². The Morgan fingerprint density at radius 3 is 2.81 bits per heavy atom. The number of hydrogen-bond donors (Lipinski definition) is 0. The highest BCUT2D eigenvalue weighted by Gasteiger charge is 2.47. The minimum Gasteiger partial charge on any atom is -0.369 e. The van der Waals surface area contributed by atoms with Gasteiger partial charge >= 0.3 is 0 Å². The van der Waals surface area contributed by atoms with Gasteiger partial charge < -0.3 is 4.90 Å². The summed E-state index contributed by atoms with van der Waals surface area (Å²) in [5.41, 5.74) is 5.22. The van der Waals surface area contributed by atoms with Crippen LogP contribution in [-0.2, 0) is 0 Å². The van der Waals surface area contributed by atoms with Crippen LogP contribution in [0.15, 0.2) is 52.3 Å². The zero-order valence-electron chi connectivity index (χ0n) is 15.0. The number of nitriles is 1. The molecule has 3 heterocycles. The molecule has 2 aliphatic carbocycles. The molecule has 0 aromatic rings. The van der Waals surface area contributed by atoms with E-state index in [9.17, 15) is 0 Å². The average Bonchev–Trinajstić information content (AvgIpc) is 3.46. The Labute approximate surface area is 159 Å². The van der Waals surface area contributed by atoms with Crippen LogP contribution in [-0.4, -0.2) is 59.2 Å². The molecular formula is C21H24N4S. The fourth-order valence-electron chi connectivity index (χ4n) is 4.80. The smallest absolute Gasteiger partial charge is 0.0914 e. The Bertz CT molecular complexity index is 800.